The van der Waals surface area contributed by atoms with Crippen LogP contribution >= 0.6 is 0 Å². The molecule has 0 radical (unpaired) electrons. The van der Waals surface area contributed by atoms with Crippen molar-refractivity contribution in [2.24, 2.45) is 5.73 Å². The summed E-state index contributed by atoms with van der Waals surface area (Å²) in [5.74, 6) is -0.845. The Labute approximate surface area is 223 Å². The molecule has 2 heterocycles. The van der Waals surface area contributed by atoms with Crippen molar-refractivity contribution in [3.63, 3.8) is 0 Å². The van der Waals surface area contributed by atoms with Crippen molar-refractivity contribution in [2.75, 3.05) is 26.2 Å². The zero-order chi connectivity index (χ0) is 28.4. The average molecular weight is 558 g/mol. The molecule has 214 valence electrons. The Morgan fingerprint density at radius 1 is 0.949 bits per heavy atom. The molecule has 0 spiro atoms. The number of amides is 1. The van der Waals surface area contributed by atoms with Crippen LogP contribution in [0.3, 0.4) is 0 Å². The largest absolute Gasteiger partial charge is 0.416 e. The molecule has 5 nitrogen and oxygen atoms in total. The molecule has 2 aromatic rings. The van der Waals surface area contributed by atoms with E-state index in [1.165, 1.54) is 4.90 Å². The summed E-state index contributed by atoms with van der Waals surface area (Å²) in [6.45, 7) is 1.88. The summed E-state index contributed by atoms with van der Waals surface area (Å²) in [6.07, 6.45) is -6.97. The Bertz CT molecular complexity index is 1100. The lowest BCUT2D eigenvalue weighted by Crippen LogP contribution is -2.55. The van der Waals surface area contributed by atoms with Crippen molar-refractivity contribution in [2.45, 2.75) is 68.6 Å². The molecule has 0 saturated carbocycles. The molecule has 2 saturated heterocycles. The second-order valence-corrected chi connectivity index (χ2v) is 10.6. The predicted molar refractivity (Wildman–Crippen MR) is 134 cm³/mol. The van der Waals surface area contributed by atoms with E-state index < -0.39 is 46.6 Å². The van der Waals surface area contributed by atoms with Gasteiger partial charge in [-0.25, -0.2) is 0 Å². The first-order valence-corrected chi connectivity index (χ1v) is 13.1. The van der Waals surface area contributed by atoms with E-state index in [2.05, 4.69) is 4.90 Å². The fourth-order valence-corrected chi connectivity index (χ4v) is 5.78. The molecule has 39 heavy (non-hydrogen) atoms. The first kappa shape index (κ1) is 29.4. The summed E-state index contributed by atoms with van der Waals surface area (Å²) >= 11 is 0. The number of rotatable bonds is 6. The summed E-state index contributed by atoms with van der Waals surface area (Å²) in [6, 6.07) is 9.97. The van der Waals surface area contributed by atoms with Crippen molar-refractivity contribution in [1.29, 1.82) is 0 Å². The van der Waals surface area contributed by atoms with E-state index in [-0.39, 0.29) is 18.7 Å². The van der Waals surface area contributed by atoms with Gasteiger partial charge in [0.15, 0.2) is 0 Å². The zero-order valence-corrected chi connectivity index (χ0v) is 21.4. The molecule has 2 fully saturated rings. The van der Waals surface area contributed by atoms with E-state index in [0.717, 1.165) is 5.56 Å². The number of piperidine rings is 2. The van der Waals surface area contributed by atoms with Crippen molar-refractivity contribution in [3.8, 4) is 0 Å². The van der Waals surface area contributed by atoms with Gasteiger partial charge in [-0.3, -0.25) is 4.79 Å². The van der Waals surface area contributed by atoms with E-state index in [1.807, 2.05) is 30.3 Å². The van der Waals surface area contributed by atoms with Crippen LogP contribution in [-0.4, -0.2) is 64.7 Å². The normalized spacial score (nSPS) is 22.6. The summed E-state index contributed by atoms with van der Waals surface area (Å²) in [4.78, 5) is 17.2. The van der Waals surface area contributed by atoms with Gasteiger partial charge in [-0.15, -0.1) is 0 Å². The van der Waals surface area contributed by atoms with Gasteiger partial charge in [-0.2, -0.15) is 26.3 Å². The molecular weight excluding hydrogens is 524 g/mol. The van der Waals surface area contributed by atoms with Crippen LogP contribution in [0.4, 0.5) is 26.3 Å². The van der Waals surface area contributed by atoms with Crippen molar-refractivity contribution in [3.05, 3.63) is 70.8 Å². The third kappa shape index (κ3) is 7.12. The molecule has 0 bridgehead atoms. The highest BCUT2D eigenvalue weighted by atomic mass is 19.4. The summed E-state index contributed by atoms with van der Waals surface area (Å²) in [5.41, 5.74) is 2.11. The number of carbonyl (C=O) groups excluding carboxylic acids is 1. The summed E-state index contributed by atoms with van der Waals surface area (Å²) in [5, 5.41) is 10.7. The first-order chi connectivity index (χ1) is 18.3. The van der Waals surface area contributed by atoms with Crippen LogP contribution in [0.15, 0.2) is 48.5 Å². The number of hydrogen-bond donors (Lipinski definition) is 2. The minimum atomic E-state index is -5.03. The third-order valence-corrected chi connectivity index (χ3v) is 7.95. The molecule has 2 aliphatic heterocycles. The van der Waals surface area contributed by atoms with E-state index >= 15 is 0 Å². The van der Waals surface area contributed by atoms with Gasteiger partial charge in [0.2, 0.25) is 0 Å². The number of nitrogens with zero attached hydrogens (tertiary/aromatic N) is 2. The maximum Gasteiger partial charge on any atom is 0.416 e. The fraction of sp³-hybridized carbons (Fsp3) is 0.536. The highest BCUT2D eigenvalue weighted by Crippen LogP contribution is 2.37. The number of nitrogens with two attached hydrogens (primary N) is 1. The van der Waals surface area contributed by atoms with Gasteiger partial charge in [0, 0.05) is 37.3 Å². The molecule has 2 unspecified atom stereocenters. The fourth-order valence-electron chi connectivity index (χ4n) is 5.78. The highest BCUT2D eigenvalue weighted by molar-refractivity contribution is 5.95. The molecule has 1 amide bonds. The molecule has 2 aliphatic rings. The number of halogens is 6. The van der Waals surface area contributed by atoms with Gasteiger partial charge in [-0.05, 0) is 68.8 Å². The van der Waals surface area contributed by atoms with E-state index in [0.29, 0.717) is 70.3 Å². The van der Waals surface area contributed by atoms with Crippen LogP contribution in [0, 0.1) is 0 Å². The topological polar surface area (TPSA) is 69.8 Å². The number of aliphatic hydroxyl groups is 1. The Balaban J connectivity index is 1.59. The van der Waals surface area contributed by atoms with E-state index in [4.69, 9.17) is 5.73 Å². The van der Waals surface area contributed by atoms with Gasteiger partial charge < -0.3 is 20.6 Å². The molecule has 4 rings (SSSR count). The second-order valence-electron chi connectivity index (χ2n) is 10.6. The lowest BCUT2D eigenvalue weighted by Gasteiger charge is -2.47. The SMILES string of the molecule is NCCC1(O)CCN(C2CCN(C(=O)c3cc(C(F)(F)F)cc(C(F)(F)F)c3)C(Cc3ccccc3)C2)CC1. The number of carbonyl (C=O) groups is 1. The third-order valence-electron chi connectivity index (χ3n) is 7.95. The quantitative estimate of drug-likeness (QED) is 0.484. The first-order valence-electron chi connectivity index (χ1n) is 13.1. The molecule has 2 aromatic carbocycles. The van der Waals surface area contributed by atoms with Crippen LogP contribution < -0.4 is 5.73 Å². The van der Waals surface area contributed by atoms with E-state index in [1.54, 1.807) is 0 Å². The molecule has 0 aliphatic carbocycles. The van der Waals surface area contributed by atoms with Crippen molar-refractivity contribution >= 4 is 5.91 Å². The van der Waals surface area contributed by atoms with Crippen molar-refractivity contribution in [1.82, 2.24) is 9.80 Å². The smallest absolute Gasteiger partial charge is 0.390 e. The maximum atomic E-state index is 13.5. The second kappa shape index (κ2) is 11.5. The Kier molecular flexibility index (Phi) is 8.63. The maximum absolute atomic E-state index is 13.5. The van der Waals surface area contributed by atoms with Crippen LogP contribution in [0.1, 0.15) is 59.2 Å². The zero-order valence-electron chi connectivity index (χ0n) is 21.4. The van der Waals surface area contributed by atoms with Crippen LogP contribution in [0.25, 0.3) is 0 Å². The molecule has 2 atom stereocenters. The standard InChI is InChI=1S/C28H33F6N3O2/c29-27(30,31)21-15-20(16-22(17-21)28(32,33)34)25(38)37-11-6-23(18-24(37)14-19-4-2-1-3-5-19)36-12-8-26(39,7-10-35)9-13-36/h1-5,15-17,23-24,39H,6-14,18,35H2. The Hall–Kier alpha value is -2.63. The monoisotopic (exact) mass is 557 g/mol. The average Bonchev–Trinajstić information content (AvgIpc) is 2.88. The van der Waals surface area contributed by atoms with Crippen molar-refractivity contribution < 1.29 is 36.2 Å². The lowest BCUT2D eigenvalue weighted by molar-refractivity contribution is -0.143. The van der Waals surface area contributed by atoms with Crippen LogP contribution in [0.5, 0.6) is 0 Å². The van der Waals surface area contributed by atoms with Gasteiger partial charge in [0.05, 0.1) is 16.7 Å². The molecule has 11 heteroatoms. The number of hydrogen-bond acceptors (Lipinski definition) is 4. The number of alkyl halides is 6. The number of benzene rings is 2. The van der Waals surface area contributed by atoms with Crippen LogP contribution in [0.2, 0.25) is 0 Å². The predicted octanol–water partition coefficient (Wildman–Crippen LogP) is 5.12. The Morgan fingerprint density at radius 2 is 1.54 bits per heavy atom. The summed E-state index contributed by atoms with van der Waals surface area (Å²) in [7, 11) is 0. The van der Waals surface area contributed by atoms with E-state index in [9.17, 15) is 36.2 Å². The van der Waals surface area contributed by atoms with Gasteiger partial charge in [0.25, 0.3) is 5.91 Å². The Morgan fingerprint density at radius 3 is 2.08 bits per heavy atom. The van der Waals surface area contributed by atoms with Crippen LogP contribution in [-0.2, 0) is 18.8 Å². The van der Waals surface area contributed by atoms with Gasteiger partial charge in [0.1, 0.15) is 0 Å². The number of likely N-dealkylation sites (tertiary alicyclic amines) is 2. The molecule has 3 N–H and O–H groups in total. The minimum absolute atomic E-state index is 0.0344. The molecular formula is C28H33F6N3O2. The van der Waals surface area contributed by atoms with Gasteiger partial charge in [-0.1, -0.05) is 30.3 Å². The lowest BCUT2D eigenvalue weighted by atomic mass is 9.85. The van der Waals surface area contributed by atoms with Gasteiger partial charge >= 0.3 is 12.4 Å². The molecule has 0 aromatic heterocycles. The minimum Gasteiger partial charge on any atom is -0.390 e. The summed E-state index contributed by atoms with van der Waals surface area (Å²) < 4.78 is 80.7. The highest BCUT2D eigenvalue weighted by Gasteiger charge is 2.41.